The van der Waals surface area contributed by atoms with Crippen molar-refractivity contribution in [1.29, 1.82) is 0 Å². The van der Waals surface area contributed by atoms with Crippen molar-refractivity contribution in [2.45, 2.75) is 6.04 Å². The predicted molar refractivity (Wildman–Crippen MR) is 58.2 cm³/mol. The molecule has 0 bridgehead atoms. The van der Waals surface area contributed by atoms with Crippen molar-refractivity contribution in [3.8, 4) is 5.75 Å². The van der Waals surface area contributed by atoms with Crippen molar-refractivity contribution >= 4 is 0 Å². The maximum Gasteiger partial charge on any atom is 0.340 e. The van der Waals surface area contributed by atoms with E-state index in [9.17, 15) is 4.79 Å². The maximum atomic E-state index is 10.9. The quantitative estimate of drug-likeness (QED) is 0.686. The van der Waals surface area contributed by atoms with Crippen molar-refractivity contribution < 1.29 is 4.74 Å². The minimum absolute atomic E-state index is 0.367. The Bertz CT molecular complexity index is 531. The first-order valence-electron chi connectivity index (χ1n) is 4.75. The van der Waals surface area contributed by atoms with E-state index >= 15 is 0 Å². The van der Waals surface area contributed by atoms with Crippen LogP contribution < -0.4 is 16.2 Å². The number of nitrogens with one attached hydrogen (secondary N) is 2. The van der Waals surface area contributed by atoms with E-state index in [1.807, 2.05) is 18.2 Å². The van der Waals surface area contributed by atoms with Gasteiger partial charge >= 0.3 is 5.69 Å². The average Bonchev–Trinajstić information content (AvgIpc) is 2.75. The number of nitrogens with two attached hydrogens (primary N) is 1. The molecule has 2 rings (SSSR count). The van der Waals surface area contributed by atoms with Crippen LogP contribution in [-0.4, -0.2) is 22.3 Å². The Labute approximate surface area is 91.5 Å². The minimum Gasteiger partial charge on any atom is -0.497 e. The largest absolute Gasteiger partial charge is 0.497 e. The lowest BCUT2D eigenvalue weighted by Crippen LogP contribution is -2.14. The predicted octanol–water partition coefficient (Wildman–Crippen LogP) is 0.155. The third-order valence-electron chi connectivity index (χ3n) is 2.27. The van der Waals surface area contributed by atoms with E-state index in [0.717, 1.165) is 5.56 Å². The fraction of sp³-hybridized carbons (Fsp3) is 0.200. The van der Waals surface area contributed by atoms with Crippen LogP contribution in [-0.2, 0) is 0 Å². The molecule has 84 valence electrons. The van der Waals surface area contributed by atoms with Crippen LogP contribution in [0.25, 0.3) is 0 Å². The molecule has 1 atom stereocenters. The number of nitrogens with zero attached hydrogens (tertiary/aromatic N) is 1. The van der Waals surface area contributed by atoms with Gasteiger partial charge in [-0.3, -0.25) is 4.98 Å². The molecule has 0 saturated carbocycles. The van der Waals surface area contributed by atoms with E-state index in [1.165, 1.54) is 0 Å². The third kappa shape index (κ3) is 1.96. The number of aromatic amines is 2. The first-order valence-corrected chi connectivity index (χ1v) is 4.75. The Hall–Kier alpha value is -2.08. The normalized spacial score (nSPS) is 12.4. The van der Waals surface area contributed by atoms with E-state index in [4.69, 9.17) is 10.5 Å². The number of ether oxygens (including phenoxy) is 1. The van der Waals surface area contributed by atoms with Crippen LogP contribution in [0.2, 0.25) is 0 Å². The highest BCUT2D eigenvalue weighted by atomic mass is 16.5. The monoisotopic (exact) mass is 220 g/mol. The summed E-state index contributed by atoms with van der Waals surface area (Å²) in [6, 6.07) is 6.83. The lowest BCUT2D eigenvalue weighted by Gasteiger charge is -2.09. The highest BCUT2D eigenvalue weighted by Crippen LogP contribution is 2.20. The number of H-pyrrole nitrogens is 2. The standard InChI is InChI=1S/C10H12N4O2/c1-16-7-4-2-3-6(5-7)8(11)9-12-10(15)14-13-9/h2-5,8H,11H2,1H3,(H2,12,13,14,15). The van der Waals surface area contributed by atoms with Crippen molar-refractivity contribution in [3.05, 3.63) is 46.1 Å². The number of benzene rings is 1. The van der Waals surface area contributed by atoms with Crippen LogP contribution in [0, 0.1) is 0 Å². The van der Waals surface area contributed by atoms with Crippen molar-refractivity contribution in [2.75, 3.05) is 7.11 Å². The summed E-state index contributed by atoms with van der Waals surface area (Å²) in [6.07, 6.45) is 0. The number of hydrogen-bond acceptors (Lipinski definition) is 4. The van der Waals surface area contributed by atoms with Gasteiger partial charge in [0.2, 0.25) is 0 Å². The molecule has 0 spiro atoms. The Morgan fingerprint density at radius 2 is 2.31 bits per heavy atom. The molecule has 1 aromatic carbocycles. The highest BCUT2D eigenvalue weighted by molar-refractivity contribution is 5.32. The summed E-state index contributed by atoms with van der Waals surface area (Å²) < 4.78 is 5.09. The van der Waals surface area contributed by atoms with Crippen LogP contribution in [0.3, 0.4) is 0 Å². The molecule has 1 heterocycles. The van der Waals surface area contributed by atoms with Gasteiger partial charge in [0, 0.05) is 0 Å². The van der Waals surface area contributed by atoms with Gasteiger partial charge in [-0.05, 0) is 17.7 Å². The molecular weight excluding hydrogens is 208 g/mol. The lowest BCUT2D eigenvalue weighted by molar-refractivity contribution is 0.414. The number of methoxy groups -OCH3 is 1. The zero-order chi connectivity index (χ0) is 11.5. The van der Waals surface area contributed by atoms with Crippen LogP contribution >= 0.6 is 0 Å². The minimum atomic E-state index is -0.478. The summed E-state index contributed by atoms with van der Waals surface area (Å²) in [5, 5.41) is 6.06. The molecule has 1 unspecified atom stereocenters. The molecule has 6 nitrogen and oxygen atoms in total. The van der Waals surface area contributed by atoms with Gasteiger partial charge in [-0.1, -0.05) is 12.1 Å². The zero-order valence-electron chi connectivity index (χ0n) is 8.73. The van der Waals surface area contributed by atoms with Gasteiger partial charge in [0.05, 0.1) is 13.2 Å². The van der Waals surface area contributed by atoms with Gasteiger partial charge in [0.15, 0.2) is 5.82 Å². The second-order valence-corrected chi connectivity index (χ2v) is 3.32. The first kappa shape index (κ1) is 10.4. The maximum absolute atomic E-state index is 10.9. The van der Waals surface area contributed by atoms with Gasteiger partial charge < -0.3 is 10.5 Å². The molecule has 0 amide bonds. The molecule has 1 aromatic heterocycles. The summed E-state index contributed by atoms with van der Waals surface area (Å²) in [5.74, 6) is 1.11. The highest BCUT2D eigenvalue weighted by Gasteiger charge is 2.12. The van der Waals surface area contributed by atoms with Crippen LogP contribution in [0.1, 0.15) is 17.4 Å². The molecule has 2 aromatic rings. The Balaban J connectivity index is 2.33. The van der Waals surface area contributed by atoms with Gasteiger partial charge in [0.25, 0.3) is 0 Å². The molecule has 4 N–H and O–H groups in total. The summed E-state index contributed by atoms with van der Waals surface area (Å²) in [6.45, 7) is 0. The smallest absolute Gasteiger partial charge is 0.340 e. The molecule has 0 aliphatic carbocycles. The van der Waals surface area contributed by atoms with Gasteiger partial charge in [-0.2, -0.15) is 5.10 Å². The molecule has 0 aliphatic heterocycles. The van der Waals surface area contributed by atoms with Crippen LogP contribution in [0.15, 0.2) is 29.1 Å². The Morgan fingerprint density at radius 3 is 2.94 bits per heavy atom. The van der Waals surface area contributed by atoms with Crippen LogP contribution in [0.5, 0.6) is 5.75 Å². The molecular formula is C10H12N4O2. The molecule has 16 heavy (non-hydrogen) atoms. The molecule has 0 saturated heterocycles. The molecule has 6 heteroatoms. The topological polar surface area (TPSA) is 96.8 Å². The van der Waals surface area contributed by atoms with E-state index in [2.05, 4.69) is 15.2 Å². The van der Waals surface area contributed by atoms with Gasteiger partial charge in [-0.25, -0.2) is 9.89 Å². The zero-order valence-corrected chi connectivity index (χ0v) is 8.73. The molecule has 0 fully saturated rings. The van der Waals surface area contributed by atoms with E-state index in [0.29, 0.717) is 11.6 Å². The Kier molecular flexibility index (Phi) is 2.74. The lowest BCUT2D eigenvalue weighted by atomic mass is 10.1. The number of aromatic nitrogens is 3. The average molecular weight is 220 g/mol. The summed E-state index contributed by atoms with van der Waals surface area (Å²) in [4.78, 5) is 13.4. The number of hydrogen-bond donors (Lipinski definition) is 3. The SMILES string of the molecule is COc1cccc(C(N)c2n[nH]c(=O)[nH]2)c1. The third-order valence-corrected chi connectivity index (χ3v) is 2.27. The fourth-order valence-corrected chi connectivity index (χ4v) is 1.42. The summed E-state index contributed by atoms with van der Waals surface area (Å²) in [7, 11) is 1.58. The van der Waals surface area contributed by atoms with Crippen molar-refractivity contribution in [1.82, 2.24) is 15.2 Å². The van der Waals surface area contributed by atoms with Crippen molar-refractivity contribution in [3.63, 3.8) is 0 Å². The van der Waals surface area contributed by atoms with E-state index in [-0.39, 0.29) is 5.69 Å². The fourth-order valence-electron chi connectivity index (χ4n) is 1.42. The first-order chi connectivity index (χ1) is 7.70. The summed E-state index contributed by atoms with van der Waals surface area (Å²) in [5.41, 5.74) is 6.40. The number of rotatable bonds is 3. The van der Waals surface area contributed by atoms with E-state index < -0.39 is 6.04 Å². The van der Waals surface area contributed by atoms with Crippen LogP contribution in [0.4, 0.5) is 0 Å². The van der Waals surface area contributed by atoms with Crippen molar-refractivity contribution in [2.24, 2.45) is 5.73 Å². The second kappa shape index (κ2) is 4.19. The van der Waals surface area contributed by atoms with E-state index in [1.54, 1.807) is 13.2 Å². The Morgan fingerprint density at radius 1 is 1.50 bits per heavy atom. The van der Waals surface area contributed by atoms with Gasteiger partial charge in [-0.15, -0.1) is 0 Å². The molecule has 0 aliphatic rings. The summed E-state index contributed by atoms with van der Waals surface area (Å²) >= 11 is 0. The second-order valence-electron chi connectivity index (χ2n) is 3.32. The van der Waals surface area contributed by atoms with Gasteiger partial charge in [0.1, 0.15) is 5.75 Å². The molecule has 0 radical (unpaired) electrons.